The van der Waals surface area contributed by atoms with E-state index in [1.165, 1.54) is 16.1 Å². The summed E-state index contributed by atoms with van der Waals surface area (Å²) in [6, 6.07) is 10.6. The Morgan fingerprint density at radius 2 is 2.14 bits per heavy atom. The van der Waals surface area contributed by atoms with Gasteiger partial charge in [0.2, 0.25) is 0 Å². The molecule has 2 N–H and O–H groups in total. The van der Waals surface area contributed by atoms with Crippen molar-refractivity contribution in [1.82, 2.24) is 0 Å². The molecular weight excluding hydrogens is 300 g/mol. The van der Waals surface area contributed by atoms with Gasteiger partial charge < -0.3 is 10.6 Å². The summed E-state index contributed by atoms with van der Waals surface area (Å²) in [6.07, 6.45) is 2.91. The highest BCUT2D eigenvalue weighted by Crippen LogP contribution is 2.25. The summed E-state index contributed by atoms with van der Waals surface area (Å²) in [6.45, 7) is 3.12. The van der Waals surface area contributed by atoms with Gasteiger partial charge in [0.15, 0.2) is 0 Å². The van der Waals surface area contributed by atoms with Crippen LogP contribution in [0.25, 0.3) is 0 Å². The van der Waals surface area contributed by atoms with E-state index >= 15 is 0 Å². The molecule has 0 bridgehead atoms. The minimum atomic E-state index is 0.188. The second-order valence-corrected chi connectivity index (χ2v) is 6.87. The van der Waals surface area contributed by atoms with E-state index in [-0.39, 0.29) is 6.04 Å². The van der Waals surface area contributed by atoms with Crippen LogP contribution >= 0.6 is 22.9 Å². The van der Waals surface area contributed by atoms with Crippen LogP contribution in [0.15, 0.2) is 35.7 Å². The fraction of sp³-hybridized carbons (Fsp3) is 0.412. The van der Waals surface area contributed by atoms with Gasteiger partial charge in [-0.2, -0.15) is 0 Å². The van der Waals surface area contributed by atoms with Gasteiger partial charge in [-0.15, -0.1) is 11.3 Å². The van der Waals surface area contributed by atoms with Gasteiger partial charge in [-0.25, -0.2) is 0 Å². The molecule has 0 aliphatic rings. The van der Waals surface area contributed by atoms with Crippen LogP contribution in [-0.2, 0) is 12.8 Å². The molecule has 0 amide bonds. The Hall–Kier alpha value is -1.03. The molecule has 0 aliphatic heterocycles. The van der Waals surface area contributed by atoms with E-state index in [9.17, 15) is 0 Å². The Morgan fingerprint density at radius 1 is 1.33 bits per heavy atom. The fourth-order valence-electron chi connectivity index (χ4n) is 2.37. The van der Waals surface area contributed by atoms with E-state index in [1.54, 1.807) is 0 Å². The van der Waals surface area contributed by atoms with Crippen molar-refractivity contribution < 1.29 is 0 Å². The number of hydrogen-bond acceptors (Lipinski definition) is 3. The third kappa shape index (κ3) is 4.73. The minimum absolute atomic E-state index is 0.188. The van der Waals surface area contributed by atoms with Gasteiger partial charge in [-0.3, -0.25) is 0 Å². The van der Waals surface area contributed by atoms with Crippen molar-refractivity contribution >= 4 is 28.6 Å². The van der Waals surface area contributed by atoms with Gasteiger partial charge in [0.25, 0.3) is 0 Å². The number of nitrogens with two attached hydrogens (primary N) is 1. The lowest BCUT2D eigenvalue weighted by Gasteiger charge is -2.23. The molecule has 1 heterocycles. The van der Waals surface area contributed by atoms with Gasteiger partial charge in [-0.1, -0.05) is 24.6 Å². The summed E-state index contributed by atoms with van der Waals surface area (Å²) in [5.74, 6) is 0. The fourth-order valence-corrected chi connectivity index (χ4v) is 3.26. The van der Waals surface area contributed by atoms with Crippen molar-refractivity contribution in [3.63, 3.8) is 0 Å². The number of rotatable bonds is 7. The van der Waals surface area contributed by atoms with Gasteiger partial charge >= 0.3 is 0 Å². The van der Waals surface area contributed by atoms with Crippen LogP contribution in [0.3, 0.4) is 0 Å². The number of thiophene rings is 1. The van der Waals surface area contributed by atoms with Crippen LogP contribution in [0, 0.1) is 0 Å². The molecule has 0 saturated carbocycles. The Morgan fingerprint density at radius 3 is 2.81 bits per heavy atom. The van der Waals surface area contributed by atoms with Gasteiger partial charge in [0, 0.05) is 35.2 Å². The summed E-state index contributed by atoms with van der Waals surface area (Å²) in [7, 11) is 2.14. The Bertz CT molecular complexity index is 554. The number of hydrogen-bond donors (Lipinski definition) is 1. The molecule has 2 nitrogen and oxygen atoms in total. The molecule has 2 aromatic rings. The highest BCUT2D eigenvalue weighted by atomic mass is 35.5. The Kier molecular flexibility index (Phi) is 6.09. The van der Waals surface area contributed by atoms with Gasteiger partial charge in [0.1, 0.15) is 0 Å². The predicted molar refractivity (Wildman–Crippen MR) is 94.7 cm³/mol. The Labute approximate surface area is 136 Å². The molecule has 0 fully saturated rings. The van der Waals surface area contributed by atoms with E-state index in [1.807, 2.05) is 23.5 Å². The summed E-state index contributed by atoms with van der Waals surface area (Å²) < 4.78 is 0. The van der Waals surface area contributed by atoms with Crippen molar-refractivity contribution in [2.45, 2.75) is 32.2 Å². The zero-order chi connectivity index (χ0) is 15.2. The minimum Gasteiger partial charge on any atom is -0.374 e. The van der Waals surface area contributed by atoms with E-state index in [4.69, 9.17) is 17.3 Å². The monoisotopic (exact) mass is 322 g/mol. The number of halogens is 1. The molecule has 4 heteroatoms. The summed E-state index contributed by atoms with van der Waals surface area (Å²) in [5.41, 5.74) is 8.59. The second-order valence-electron chi connectivity index (χ2n) is 5.40. The van der Waals surface area contributed by atoms with Crippen molar-refractivity contribution in [3.05, 3.63) is 51.2 Å². The molecule has 1 aromatic heterocycles. The van der Waals surface area contributed by atoms with Crippen molar-refractivity contribution in [3.8, 4) is 0 Å². The molecule has 0 aliphatic carbocycles. The van der Waals surface area contributed by atoms with Gasteiger partial charge in [-0.05, 0) is 54.5 Å². The maximum atomic E-state index is 6.15. The van der Waals surface area contributed by atoms with Crippen LogP contribution in [0.4, 0.5) is 5.69 Å². The molecule has 21 heavy (non-hydrogen) atoms. The maximum absolute atomic E-state index is 6.15. The molecular formula is C17H23ClN2S. The third-order valence-corrected chi connectivity index (χ3v) is 4.90. The lowest BCUT2D eigenvalue weighted by atomic mass is 10.0. The zero-order valence-electron chi connectivity index (χ0n) is 12.7. The van der Waals surface area contributed by atoms with Crippen molar-refractivity contribution in [2.75, 3.05) is 18.5 Å². The molecule has 114 valence electrons. The lowest BCUT2D eigenvalue weighted by Crippen LogP contribution is -2.25. The molecule has 0 spiro atoms. The zero-order valence-corrected chi connectivity index (χ0v) is 14.3. The smallest absolute Gasteiger partial charge is 0.0410 e. The highest BCUT2D eigenvalue weighted by Gasteiger charge is 2.11. The third-order valence-electron chi connectivity index (χ3n) is 3.73. The van der Waals surface area contributed by atoms with E-state index in [0.717, 1.165) is 30.8 Å². The average Bonchev–Trinajstić information content (AvgIpc) is 2.98. The first-order valence-corrected chi connectivity index (χ1v) is 8.63. The lowest BCUT2D eigenvalue weighted by molar-refractivity contribution is 0.645. The Balaban J connectivity index is 2.09. The number of benzene rings is 1. The maximum Gasteiger partial charge on any atom is 0.0410 e. The van der Waals surface area contributed by atoms with Crippen LogP contribution in [0.5, 0.6) is 0 Å². The number of nitrogens with zero attached hydrogens (tertiary/aromatic N) is 1. The largest absolute Gasteiger partial charge is 0.374 e. The molecule has 2 rings (SSSR count). The first-order chi connectivity index (χ1) is 10.1. The first kappa shape index (κ1) is 16.3. The van der Waals surface area contributed by atoms with Crippen molar-refractivity contribution in [1.29, 1.82) is 0 Å². The van der Waals surface area contributed by atoms with Crippen LogP contribution in [0.1, 0.15) is 23.8 Å². The number of anilines is 1. The molecule has 1 unspecified atom stereocenters. The van der Waals surface area contributed by atoms with Crippen LogP contribution in [-0.4, -0.2) is 19.6 Å². The van der Waals surface area contributed by atoms with E-state index < -0.39 is 0 Å². The van der Waals surface area contributed by atoms with Crippen LogP contribution in [0.2, 0.25) is 5.02 Å². The standard InChI is InChI=1S/C17H23ClN2S/c1-3-15(19)12-13-11-14(18)6-7-17(13)20(2)9-8-16-5-4-10-21-16/h4-7,10-11,15H,3,8-9,12,19H2,1-2H3. The number of likely N-dealkylation sites (N-methyl/N-ethyl adjacent to an activating group) is 1. The molecule has 1 atom stereocenters. The highest BCUT2D eigenvalue weighted by molar-refractivity contribution is 7.09. The summed E-state index contributed by atoms with van der Waals surface area (Å²) in [5, 5.41) is 2.91. The quantitative estimate of drug-likeness (QED) is 0.820. The van der Waals surface area contributed by atoms with Crippen molar-refractivity contribution in [2.24, 2.45) is 5.73 Å². The molecule has 1 aromatic carbocycles. The average molecular weight is 323 g/mol. The van der Waals surface area contributed by atoms with Gasteiger partial charge in [0.05, 0.1) is 0 Å². The summed E-state index contributed by atoms with van der Waals surface area (Å²) >= 11 is 7.96. The normalized spacial score (nSPS) is 12.4. The van der Waals surface area contributed by atoms with E-state index in [0.29, 0.717) is 0 Å². The topological polar surface area (TPSA) is 29.3 Å². The first-order valence-electron chi connectivity index (χ1n) is 7.37. The predicted octanol–water partition coefficient (Wildman–Crippen LogP) is 4.36. The molecule has 0 saturated heterocycles. The summed E-state index contributed by atoms with van der Waals surface area (Å²) in [4.78, 5) is 3.72. The van der Waals surface area contributed by atoms with E-state index in [2.05, 4.69) is 42.5 Å². The van der Waals surface area contributed by atoms with Crippen LogP contribution < -0.4 is 10.6 Å². The SMILES string of the molecule is CCC(N)Cc1cc(Cl)ccc1N(C)CCc1cccs1. The molecule has 0 radical (unpaired) electrons. The second kappa shape index (κ2) is 7.83.